The Morgan fingerprint density at radius 3 is 2.61 bits per heavy atom. The number of anilines is 2. The number of carbonyl (C=O) groups is 1. The number of carboxylic acids is 1. The van der Waals surface area contributed by atoms with Crippen LogP contribution in [0.25, 0.3) is 0 Å². The van der Waals surface area contributed by atoms with E-state index in [1.807, 2.05) is 24.3 Å². The predicted molar refractivity (Wildman–Crippen MR) is 92.7 cm³/mol. The van der Waals surface area contributed by atoms with Gasteiger partial charge in [0, 0.05) is 24.0 Å². The second kappa shape index (κ2) is 6.73. The van der Waals surface area contributed by atoms with Gasteiger partial charge in [0.05, 0.1) is 6.42 Å². The van der Waals surface area contributed by atoms with Gasteiger partial charge in [-0.25, -0.2) is 0 Å². The summed E-state index contributed by atoms with van der Waals surface area (Å²) in [4.78, 5) is 13.2. The van der Waals surface area contributed by atoms with Crippen molar-refractivity contribution in [2.75, 3.05) is 17.2 Å². The normalized spacial score (nSPS) is 17.4. The van der Waals surface area contributed by atoms with Crippen LogP contribution in [0.1, 0.15) is 30.4 Å². The van der Waals surface area contributed by atoms with Crippen LogP contribution in [0.4, 0.5) is 11.4 Å². The zero-order valence-electron chi connectivity index (χ0n) is 13.1. The Hall–Kier alpha value is -2.49. The van der Waals surface area contributed by atoms with Gasteiger partial charge in [0.2, 0.25) is 0 Å². The highest BCUT2D eigenvalue weighted by Gasteiger charge is 2.26. The van der Waals surface area contributed by atoms with Crippen molar-refractivity contribution in [2.45, 2.75) is 31.7 Å². The Balaban J connectivity index is 1.72. The van der Waals surface area contributed by atoms with Gasteiger partial charge >= 0.3 is 5.97 Å². The van der Waals surface area contributed by atoms with Crippen molar-refractivity contribution >= 4 is 17.3 Å². The number of nitrogens with two attached hydrogens (primary N) is 1. The van der Waals surface area contributed by atoms with E-state index in [4.69, 9.17) is 10.8 Å². The minimum absolute atomic E-state index is 0.114. The lowest BCUT2D eigenvalue weighted by molar-refractivity contribution is -0.137. The molecule has 2 aromatic rings. The molecule has 0 aliphatic carbocycles. The number of hydrogen-bond acceptors (Lipinski definition) is 3. The minimum atomic E-state index is -0.724. The summed E-state index contributed by atoms with van der Waals surface area (Å²) in [5.74, 6) is -0.724. The van der Waals surface area contributed by atoms with E-state index in [1.165, 1.54) is 5.56 Å². The number of rotatable bonds is 5. The third-order valence-electron chi connectivity index (χ3n) is 4.51. The first-order valence-electron chi connectivity index (χ1n) is 8.04. The van der Waals surface area contributed by atoms with Crippen molar-refractivity contribution in [3.8, 4) is 0 Å². The molecular formula is C19H22N2O2. The molecule has 120 valence electrons. The number of aliphatic carboxylic acids is 1. The van der Waals surface area contributed by atoms with Gasteiger partial charge in [0.1, 0.15) is 0 Å². The maximum Gasteiger partial charge on any atom is 0.305 e. The lowest BCUT2D eigenvalue weighted by atomic mass is 10.0. The van der Waals surface area contributed by atoms with Gasteiger partial charge in [-0.2, -0.15) is 0 Å². The fraction of sp³-hybridized carbons (Fsp3) is 0.316. The molecule has 4 heteroatoms. The van der Waals surface area contributed by atoms with E-state index in [0.717, 1.165) is 42.7 Å². The van der Waals surface area contributed by atoms with Gasteiger partial charge in [0.25, 0.3) is 0 Å². The molecule has 1 heterocycles. The van der Waals surface area contributed by atoms with E-state index in [0.29, 0.717) is 0 Å². The second-order valence-electron chi connectivity index (χ2n) is 6.13. The zero-order chi connectivity index (χ0) is 16.2. The standard InChI is InChI=1S/C19H22N2O2/c20-18-6-2-1-4-15(18)12-14-7-9-16(10-8-14)21-11-3-5-17(21)13-19(22)23/h1-2,4,6-10,17H,3,5,11-13,20H2,(H,22,23). The fourth-order valence-corrected chi connectivity index (χ4v) is 3.31. The van der Waals surface area contributed by atoms with Crippen LogP contribution < -0.4 is 10.6 Å². The summed E-state index contributed by atoms with van der Waals surface area (Å²) >= 11 is 0. The van der Waals surface area contributed by atoms with Crippen molar-refractivity contribution in [1.29, 1.82) is 0 Å². The van der Waals surface area contributed by atoms with Gasteiger partial charge in [-0.05, 0) is 48.6 Å². The van der Waals surface area contributed by atoms with Gasteiger partial charge in [-0.15, -0.1) is 0 Å². The Labute approximate surface area is 136 Å². The van der Waals surface area contributed by atoms with Crippen molar-refractivity contribution in [3.05, 3.63) is 59.7 Å². The first-order chi connectivity index (χ1) is 11.1. The molecule has 0 amide bonds. The van der Waals surface area contributed by atoms with Crippen LogP contribution in [0.3, 0.4) is 0 Å². The summed E-state index contributed by atoms with van der Waals surface area (Å²) in [5.41, 5.74) is 10.3. The smallest absolute Gasteiger partial charge is 0.305 e. The average Bonchev–Trinajstić information content (AvgIpc) is 2.98. The highest BCUT2D eigenvalue weighted by Crippen LogP contribution is 2.28. The number of benzene rings is 2. The van der Waals surface area contributed by atoms with Gasteiger partial charge in [-0.3, -0.25) is 4.79 Å². The molecule has 4 nitrogen and oxygen atoms in total. The Morgan fingerprint density at radius 1 is 1.17 bits per heavy atom. The zero-order valence-corrected chi connectivity index (χ0v) is 13.1. The van der Waals surface area contributed by atoms with Crippen LogP contribution in [0.2, 0.25) is 0 Å². The van der Waals surface area contributed by atoms with Crippen LogP contribution in [-0.4, -0.2) is 23.7 Å². The van der Waals surface area contributed by atoms with Crippen LogP contribution >= 0.6 is 0 Å². The third kappa shape index (κ3) is 3.65. The predicted octanol–water partition coefficient (Wildman–Crippen LogP) is 3.30. The number of hydrogen-bond donors (Lipinski definition) is 2. The monoisotopic (exact) mass is 310 g/mol. The lowest BCUT2D eigenvalue weighted by Gasteiger charge is -2.26. The van der Waals surface area contributed by atoms with Crippen LogP contribution in [0.5, 0.6) is 0 Å². The molecule has 1 aliphatic rings. The van der Waals surface area contributed by atoms with Crippen molar-refractivity contribution < 1.29 is 9.90 Å². The molecule has 0 saturated carbocycles. The molecule has 0 bridgehead atoms. The topological polar surface area (TPSA) is 66.6 Å². The summed E-state index contributed by atoms with van der Waals surface area (Å²) < 4.78 is 0. The number of carboxylic acid groups (broad SMARTS) is 1. The maximum absolute atomic E-state index is 11.0. The largest absolute Gasteiger partial charge is 0.481 e. The maximum atomic E-state index is 11.0. The number of para-hydroxylation sites is 1. The quantitative estimate of drug-likeness (QED) is 0.832. The number of nitrogens with zero attached hydrogens (tertiary/aromatic N) is 1. The van der Waals surface area contributed by atoms with Crippen LogP contribution in [0.15, 0.2) is 48.5 Å². The molecule has 2 aromatic carbocycles. The van der Waals surface area contributed by atoms with Gasteiger partial charge in [0.15, 0.2) is 0 Å². The second-order valence-corrected chi connectivity index (χ2v) is 6.13. The summed E-state index contributed by atoms with van der Waals surface area (Å²) in [6, 6.07) is 16.4. The van der Waals surface area contributed by atoms with Gasteiger partial charge in [-0.1, -0.05) is 30.3 Å². The molecule has 1 aliphatic heterocycles. The van der Waals surface area contributed by atoms with Crippen molar-refractivity contribution in [3.63, 3.8) is 0 Å². The lowest BCUT2D eigenvalue weighted by Crippen LogP contribution is -2.31. The molecule has 0 spiro atoms. The van der Waals surface area contributed by atoms with Crippen molar-refractivity contribution in [2.24, 2.45) is 0 Å². The first-order valence-corrected chi connectivity index (χ1v) is 8.04. The molecule has 3 rings (SSSR count). The molecule has 1 unspecified atom stereocenters. The van der Waals surface area contributed by atoms with E-state index >= 15 is 0 Å². The third-order valence-corrected chi connectivity index (χ3v) is 4.51. The van der Waals surface area contributed by atoms with E-state index < -0.39 is 5.97 Å². The molecule has 1 saturated heterocycles. The first kappa shape index (κ1) is 15.4. The van der Waals surface area contributed by atoms with E-state index in [-0.39, 0.29) is 12.5 Å². The summed E-state index contributed by atoms with van der Waals surface area (Å²) in [6.45, 7) is 0.933. The molecule has 1 fully saturated rings. The van der Waals surface area contributed by atoms with Gasteiger partial charge < -0.3 is 15.7 Å². The average molecular weight is 310 g/mol. The molecule has 23 heavy (non-hydrogen) atoms. The minimum Gasteiger partial charge on any atom is -0.481 e. The molecule has 0 aromatic heterocycles. The molecular weight excluding hydrogens is 288 g/mol. The summed E-state index contributed by atoms with van der Waals surface area (Å²) in [6.07, 6.45) is 3.03. The Kier molecular flexibility index (Phi) is 4.51. The molecule has 0 radical (unpaired) electrons. The fourth-order valence-electron chi connectivity index (χ4n) is 3.31. The highest BCUT2D eigenvalue weighted by molar-refractivity contribution is 5.69. The number of nitrogen functional groups attached to an aromatic ring is 1. The van der Waals surface area contributed by atoms with Crippen molar-refractivity contribution in [1.82, 2.24) is 0 Å². The Bertz CT molecular complexity index is 682. The van der Waals surface area contributed by atoms with E-state index in [1.54, 1.807) is 0 Å². The highest BCUT2D eigenvalue weighted by atomic mass is 16.4. The van der Waals surface area contributed by atoms with E-state index in [2.05, 4.69) is 29.2 Å². The summed E-state index contributed by atoms with van der Waals surface area (Å²) in [5, 5.41) is 9.03. The molecule has 3 N–H and O–H groups in total. The Morgan fingerprint density at radius 2 is 1.91 bits per heavy atom. The molecule has 1 atom stereocenters. The van der Waals surface area contributed by atoms with Crippen LogP contribution in [0, 0.1) is 0 Å². The SMILES string of the molecule is Nc1ccccc1Cc1ccc(N2CCCC2CC(=O)O)cc1. The van der Waals surface area contributed by atoms with Crippen LogP contribution in [-0.2, 0) is 11.2 Å². The van der Waals surface area contributed by atoms with E-state index in [9.17, 15) is 4.79 Å². The summed E-state index contributed by atoms with van der Waals surface area (Å²) in [7, 11) is 0.